The number of nitrogens with one attached hydrogen (secondary N) is 2. The Kier molecular flexibility index (Phi) is 4.19. The molecule has 0 atom stereocenters. The molecule has 0 saturated heterocycles. The van der Waals surface area contributed by atoms with Crippen molar-refractivity contribution in [2.75, 3.05) is 5.32 Å². The predicted molar refractivity (Wildman–Crippen MR) is 95.8 cm³/mol. The van der Waals surface area contributed by atoms with E-state index < -0.39 is 0 Å². The predicted octanol–water partition coefficient (Wildman–Crippen LogP) is 3.31. The van der Waals surface area contributed by atoms with E-state index in [0.717, 1.165) is 30.7 Å². The molecule has 8 heteroatoms. The van der Waals surface area contributed by atoms with Crippen molar-refractivity contribution in [3.05, 3.63) is 53.4 Å². The third kappa shape index (κ3) is 3.25. The topological polar surface area (TPSA) is 84.7 Å². The molecule has 1 fully saturated rings. The summed E-state index contributed by atoms with van der Waals surface area (Å²) < 4.78 is 1.63. The van der Waals surface area contributed by atoms with E-state index in [2.05, 4.69) is 25.7 Å². The highest BCUT2D eigenvalue weighted by Crippen LogP contribution is 2.39. The van der Waals surface area contributed by atoms with Gasteiger partial charge in [0.2, 0.25) is 0 Å². The van der Waals surface area contributed by atoms with E-state index in [-0.39, 0.29) is 11.6 Å². The summed E-state index contributed by atoms with van der Waals surface area (Å²) in [6.07, 6.45) is 10.9. The van der Waals surface area contributed by atoms with Crippen LogP contribution in [0.4, 0.5) is 10.5 Å². The van der Waals surface area contributed by atoms with E-state index in [1.54, 1.807) is 40.8 Å². The van der Waals surface area contributed by atoms with Gasteiger partial charge in [-0.25, -0.2) is 19.4 Å². The SMILES string of the molecule is O=C(Nc1cnn(-c2ccccn2)c1)NC1(c2nccs2)CCCC1. The monoisotopic (exact) mass is 354 g/mol. The number of anilines is 1. The first-order valence-electron chi connectivity index (χ1n) is 8.20. The highest BCUT2D eigenvalue weighted by Gasteiger charge is 2.39. The Morgan fingerprint density at radius 3 is 2.80 bits per heavy atom. The summed E-state index contributed by atoms with van der Waals surface area (Å²) in [7, 11) is 0. The maximum Gasteiger partial charge on any atom is 0.320 e. The van der Waals surface area contributed by atoms with Gasteiger partial charge in [-0.2, -0.15) is 5.10 Å². The molecule has 0 bridgehead atoms. The number of thiazole rings is 1. The molecule has 1 saturated carbocycles. The van der Waals surface area contributed by atoms with Crippen molar-refractivity contribution in [3.8, 4) is 5.82 Å². The number of carbonyl (C=O) groups is 1. The zero-order valence-corrected chi connectivity index (χ0v) is 14.4. The summed E-state index contributed by atoms with van der Waals surface area (Å²) in [6.45, 7) is 0. The molecule has 0 aliphatic heterocycles. The minimum absolute atomic E-state index is 0.238. The number of nitrogens with zero attached hydrogens (tertiary/aromatic N) is 4. The second-order valence-electron chi connectivity index (χ2n) is 6.07. The summed E-state index contributed by atoms with van der Waals surface area (Å²) >= 11 is 1.59. The van der Waals surface area contributed by atoms with E-state index >= 15 is 0 Å². The molecule has 0 spiro atoms. The standard InChI is InChI=1S/C17H18N6OS/c24-16(22-17(6-2-3-7-17)15-19-9-10-25-15)21-13-11-20-23(12-13)14-5-1-4-8-18-14/h1,4-5,8-12H,2-3,6-7H2,(H2,21,22,24). The van der Waals surface area contributed by atoms with Crippen LogP contribution in [0.25, 0.3) is 5.82 Å². The Hall–Kier alpha value is -2.74. The van der Waals surface area contributed by atoms with Crippen LogP contribution in [0.1, 0.15) is 30.7 Å². The minimum atomic E-state index is -0.352. The first kappa shape index (κ1) is 15.8. The molecule has 0 radical (unpaired) electrons. The van der Waals surface area contributed by atoms with Crippen LogP contribution in [-0.4, -0.2) is 25.8 Å². The molecule has 1 aliphatic carbocycles. The van der Waals surface area contributed by atoms with Crippen molar-refractivity contribution in [2.24, 2.45) is 0 Å². The zero-order chi connectivity index (χ0) is 17.1. The lowest BCUT2D eigenvalue weighted by atomic mass is 9.99. The highest BCUT2D eigenvalue weighted by molar-refractivity contribution is 7.09. The van der Waals surface area contributed by atoms with Crippen LogP contribution in [0.5, 0.6) is 0 Å². The van der Waals surface area contributed by atoms with Crippen LogP contribution in [0.2, 0.25) is 0 Å². The van der Waals surface area contributed by atoms with Gasteiger partial charge >= 0.3 is 6.03 Å². The quantitative estimate of drug-likeness (QED) is 0.753. The van der Waals surface area contributed by atoms with Crippen molar-refractivity contribution >= 4 is 23.1 Å². The zero-order valence-electron chi connectivity index (χ0n) is 13.6. The van der Waals surface area contributed by atoms with Gasteiger partial charge in [0.25, 0.3) is 0 Å². The van der Waals surface area contributed by atoms with Crippen LogP contribution in [0.3, 0.4) is 0 Å². The molecule has 3 heterocycles. The fourth-order valence-electron chi connectivity index (χ4n) is 3.21. The van der Waals surface area contributed by atoms with Gasteiger partial charge in [-0.1, -0.05) is 18.9 Å². The Balaban J connectivity index is 1.46. The maximum absolute atomic E-state index is 12.5. The smallest absolute Gasteiger partial charge is 0.320 e. The number of pyridine rings is 1. The fraction of sp³-hybridized carbons (Fsp3) is 0.294. The minimum Gasteiger partial charge on any atom is -0.326 e. The summed E-state index contributed by atoms with van der Waals surface area (Å²) in [5.41, 5.74) is 0.269. The Morgan fingerprint density at radius 1 is 1.20 bits per heavy atom. The van der Waals surface area contributed by atoms with Gasteiger partial charge in [-0.3, -0.25) is 0 Å². The number of aromatic nitrogens is 4. The van der Waals surface area contributed by atoms with Gasteiger partial charge < -0.3 is 10.6 Å². The first-order chi connectivity index (χ1) is 12.3. The maximum atomic E-state index is 12.5. The van der Waals surface area contributed by atoms with E-state index in [9.17, 15) is 4.79 Å². The van der Waals surface area contributed by atoms with Gasteiger partial charge in [-0.15, -0.1) is 11.3 Å². The van der Waals surface area contributed by atoms with Crippen molar-refractivity contribution in [1.29, 1.82) is 0 Å². The molecule has 4 rings (SSSR count). The highest BCUT2D eigenvalue weighted by atomic mass is 32.1. The van der Waals surface area contributed by atoms with Gasteiger partial charge in [0.05, 0.1) is 23.6 Å². The number of amides is 2. The summed E-state index contributed by atoms with van der Waals surface area (Å²) in [5, 5.41) is 13.2. The second-order valence-corrected chi connectivity index (χ2v) is 6.96. The molecule has 2 amide bonds. The van der Waals surface area contributed by atoms with E-state index in [0.29, 0.717) is 11.5 Å². The third-order valence-corrected chi connectivity index (χ3v) is 5.35. The molecule has 2 N–H and O–H groups in total. The average Bonchev–Trinajstić information content (AvgIpc) is 3.37. The number of carbonyl (C=O) groups excluding carboxylic acids is 1. The molecule has 128 valence electrons. The lowest BCUT2D eigenvalue weighted by Crippen LogP contribution is -2.45. The summed E-state index contributed by atoms with van der Waals surface area (Å²) in [6, 6.07) is 5.35. The lowest BCUT2D eigenvalue weighted by molar-refractivity contribution is 0.236. The summed E-state index contributed by atoms with van der Waals surface area (Å²) in [4.78, 5) is 21.2. The second kappa shape index (κ2) is 6.64. The van der Waals surface area contributed by atoms with Crippen LogP contribution < -0.4 is 10.6 Å². The van der Waals surface area contributed by atoms with Crippen molar-refractivity contribution in [1.82, 2.24) is 25.1 Å². The number of hydrogen-bond acceptors (Lipinski definition) is 5. The molecular formula is C17H18N6OS. The molecule has 7 nitrogen and oxygen atoms in total. The molecular weight excluding hydrogens is 336 g/mol. The van der Waals surface area contributed by atoms with Crippen molar-refractivity contribution in [3.63, 3.8) is 0 Å². The van der Waals surface area contributed by atoms with Crippen LogP contribution in [-0.2, 0) is 5.54 Å². The molecule has 3 aromatic rings. The van der Waals surface area contributed by atoms with Gasteiger partial charge in [0.15, 0.2) is 5.82 Å². The number of hydrogen-bond donors (Lipinski definition) is 2. The summed E-state index contributed by atoms with van der Waals surface area (Å²) in [5.74, 6) is 0.700. The number of urea groups is 1. The Morgan fingerprint density at radius 2 is 2.08 bits per heavy atom. The van der Waals surface area contributed by atoms with Gasteiger partial charge in [-0.05, 0) is 25.0 Å². The van der Waals surface area contributed by atoms with Crippen LogP contribution in [0, 0.1) is 0 Å². The average molecular weight is 354 g/mol. The number of rotatable bonds is 4. The largest absolute Gasteiger partial charge is 0.326 e. The van der Waals surface area contributed by atoms with Crippen molar-refractivity contribution in [2.45, 2.75) is 31.2 Å². The molecule has 1 aliphatic rings. The Bertz CT molecular complexity index is 839. The van der Waals surface area contributed by atoms with Gasteiger partial charge in [0, 0.05) is 17.8 Å². The van der Waals surface area contributed by atoms with Crippen molar-refractivity contribution < 1.29 is 4.79 Å². The molecule has 0 unspecified atom stereocenters. The first-order valence-corrected chi connectivity index (χ1v) is 9.08. The van der Waals surface area contributed by atoms with E-state index in [1.807, 2.05) is 23.6 Å². The lowest BCUT2D eigenvalue weighted by Gasteiger charge is -2.28. The molecule has 0 aromatic carbocycles. The van der Waals surface area contributed by atoms with E-state index in [4.69, 9.17) is 0 Å². The normalized spacial score (nSPS) is 15.8. The molecule has 3 aromatic heterocycles. The van der Waals surface area contributed by atoms with E-state index in [1.165, 1.54) is 0 Å². The van der Waals surface area contributed by atoms with Crippen LogP contribution >= 0.6 is 11.3 Å². The fourth-order valence-corrected chi connectivity index (χ4v) is 4.07. The van der Waals surface area contributed by atoms with Crippen LogP contribution in [0.15, 0.2) is 48.4 Å². The Labute approximate surface area is 149 Å². The van der Waals surface area contributed by atoms with Gasteiger partial charge in [0.1, 0.15) is 5.01 Å². The third-order valence-electron chi connectivity index (χ3n) is 4.38. The molecule has 25 heavy (non-hydrogen) atoms.